The number of nitrogens with zero attached hydrogens (tertiary/aromatic N) is 1. The molecule has 2 unspecified atom stereocenters. The summed E-state index contributed by atoms with van der Waals surface area (Å²) in [5.74, 6) is -2.23. The van der Waals surface area contributed by atoms with Crippen molar-refractivity contribution in [3.05, 3.63) is 77.8 Å². The van der Waals surface area contributed by atoms with Crippen molar-refractivity contribution in [1.29, 1.82) is 0 Å². The predicted octanol–water partition coefficient (Wildman–Crippen LogP) is 3.35. The number of fused-ring (bicyclic) bond motifs is 1. The number of nitrogens with one attached hydrogen (secondary N) is 1. The van der Waals surface area contributed by atoms with Crippen LogP contribution in [0.2, 0.25) is 0 Å². The van der Waals surface area contributed by atoms with E-state index in [1.165, 1.54) is 18.2 Å². The smallest absolute Gasteiger partial charge is 0.166 e. The standard InChI is InChI=1S/C20H15FN2O2/c21-13-5-3-4-12(10-13)14-8-9-19(24)16(20(14)25)11-18-15-6-1-2-7-17(15)22-23-18/h1-10,14,16H,11H2,(H,22,23). The van der Waals surface area contributed by atoms with Gasteiger partial charge in [0.2, 0.25) is 0 Å². The molecule has 0 amide bonds. The fraction of sp³-hybridized carbons (Fsp3) is 0.150. The molecule has 0 spiro atoms. The zero-order valence-corrected chi connectivity index (χ0v) is 13.3. The first-order valence-electron chi connectivity index (χ1n) is 8.07. The molecule has 0 saturated heterocycles. The van der Waals surface area contributed by atoms with Crippen LogP contribution in [0.3, 0.4) is 0 Å². The van der Waals surface area contributed by atoms with E-state index in [9.17, 15) is 14.0 Å². The zero-order chi connectivity index (χ0) is 17.4. The maximum absolute atomic E-state index is 13.5. The number of aromatic nitrogens is 2. The van der Waals surface area contributed by atoms with E-state index in [4.69, 9.17) is 0 Å². The zero-order valence-electron chi connectivity index (χ0n) is 13.3. The summed E-state index contributed by atoms with van der Waals surface area (Å²) in [5, 5.41) is 8.04. The highest BCUT2D eigenvalue weighted by Crippen LogP contribution is 2.30. The lowest BCUT2D eigenvalue weighted by molar-refractivity contribution is -0.131. The largest absolute Gasteiger partial charge is 0.298 e. The number of ketones is 2. The van der Waals surface area contributed by atoms with Gasteiger partial charge in [-0.25, -0.2) is 4.39 Å². The van der Waals surface area contributed by atoms with E-state index in [0.717, 1.165) is 16.6 Å². The molecule has 1 heterocycles. The molecule has 4 rings (SSSR count). The highest BCUT2D eigenvalue weighted by Gasteiger charge is 2.35. The van der Waals surface area contributed by atoms with Gasteiger partial charge in [0.1, 0.15) is 5.82 Å². The molecule has 0 bridgehead atoms. The van der Waals surface area contributed by atoms with Crippen molar-refractivity contribution in [2.24, 2.45) is 5.92 Å². The quantitative estimate of drug-likeness (QED) is 0.747. The van der Waals surface area contributed by atoms with Crippen molar-refractivity contribution in [1.82, 2.24) is 10.2 Å². The van der Waals surface area contributed by atoms with E-state index in [1.54, 1.807) is 18.2 Å². The number of carbonyl (C=O) groups excluding carboxylic acids is 2. The second-order valence-corrected chi connectivity index (χ2v) is 6.17. The molecule has 25 heavy (non-hydrogen) atoms. The number of hydrogen-bond donors (Lipinski definition) is 1. The minimum Gasteiger partial charge on any atom is -0.298 e. The number of Topliss-reactive ketones (excluding diaryl/α,β-unsaturated/α-hetero) is 1. The Balaban J connectivity index is 1.66. The van der Waals surface area contributed by atoms with Crippen LogP contribution in [0.1, 0.15) is 17.2 Å². The molecule has 1 aromatic heterocycles. The third kappa shape index (κ3) is 2.78. The van der Waals surface area contributed by atoms with Gasteiger partial charge in [-0.05, 0) is 29.8 Å². The van der Waals surface area contributed by atoms with Gasteiger partial charge in [-0.2, -0.15) is 5.10 Å². The Morgan fingerprint density at radius 1 is 1.08 bits per heavy atom. The number of rotatable bonds is 3. The average molecular weight is 334 g/mol. The van der Waals surface area contributed by atoms with Crippen molar-refractivity contribution in [2.75, 3.05) is 0 Å². The molecule has 0 aliphatic heterocycles. The Kier molecular flexibility index (Phi) is 3.76. The fourth-order valence-electron chi connectivity index (χ4n) is 3.31. The molecule has 2 atom stereocenters. The summed E-state index contributed by atoms with van der Waals surface area (Å²) in [7, 11) is 0. The number of H-pyrrole nitrogens is 1. The number of hydrogen-bond acceptors (Lipinski definition) is 3. The van der Waals surface area contributed by atoms with Crippen LogP contribution in [0.4, 0.5) is 4.39 Å². The molecule has 0 fully saturated rings. The van der Waals surface area contributed by atoms with Crippen LogP contribution >= 0.6 is 0 Å². The van der Waals surface area contributed by atoms with Gasteiger partial charge in [0.25, 0.3) is 0 Å². The van der Waals surface area contributed by atoms with Crippen LogP contribution in [0.25, 0.3) is 10.9 Å². The molecule has 124 valence electrons. The van der Waals surface area contributed by atoms with Gasteiger partial charge in [-0.1, -0.05) is 36.4 Å². The van der Waals surface area contributed by atoms with E-state index in [-0.39, 0.29) is 18.0 Å². The first-order chi connectivity index (χ1) is 12.1. The lowest BCUT2D eigenvalue weighted by Gasteiger charge is -2.22. The van der Waals surface area contributed by atoms with Crippen LogP contribution in [-0.4, -0.2) is 21.8 Å². The molecule has 3 aromatic rings. The second-order valence-electron chi connectivity index (χ2n) is 6.17. The highest BCUT2D eigenvalue weighted by atomic mass is 19.1. The maximum atomic E-state index is 13.5. The molecule has 2 aromatic carbocycles. The van der Waals surface area contributed by atoms with E-state index in [0.29, 0.717) is 5.56 Å². The third-order valence-corrected chi connectivity index (χ3v) is 4.60. The van der Waals surface area contributed by atoms with E-state index in [2.05, 4.69) is 10.2 Å². The Hall–Kier alpha value is -3.08. The second kappa shape index (κ2) is 6.09. The van der Waals surface area contributed by atoms with Gasteiger partial charge in [0, 0.05) is 17.5 Å². The molecule has 1 N–H and O–H groups in total. The van der Waals surface area contributed by atoms with Crippen LogP contribution in [-0.2, 0) is 16.0 Å². The van der Waals surface area contributed by atoms with Gasteiger partial charge < -0.3 is 0 Å². The predicted molar refractivity (Wildman–Crippen MR) is 91.6 cm³/mol. The summed E-state index contributed by atoms with van der Waals surface area (Å²) >= 11 is 0. The Bertz CT molecular complexity index is 1010. The van der Waals surface area contributed by atoms with Crippen molar-refractivity contribution in [3.8, 4) is 0 Å². The first kappa shape index (κ1) is 15.4. The number of halogens is 1. The SMILES string of the molecule is O=C1C=CC(c2cccc(F)c2)C(=O)C1Cc1[nH]nc2ccccc12. The van der Waals surface area contributed by atoms with Gasteiger partial charge in [0.15, 0.2) is 11.6 Å². The number of benzene rings is 2. The van der Waals surface area contributed by atoms with Crippen LogP contribution in [0.15, 0.2) is 60.7 Å². The molecule has 1 aliphatic rings. The van der Waals surface area contributed by atoms with Gasteiger partial charge in [-0.15, -0.1) is 0 Å². The van der Waals surface area contributed by atoms with E-state index in [1.807, 2.05) is 24.3 Å². The molecule has 0 radical (unpaired) electrons. The van der Waals surface area contributed by atoms with Crippen molar-refractivity contribution in [2.45, 2.75) is 12.3 Å². The van der Waals surface area contributed by atoms with Gasteiger partial charge in [0.05, 0.1) is 17.4 Å². The van der Waals surface area contributed by atoms with Crippen molar-refractivity contribution < 1.29 is 14.0 Å². The number of aromatic amines is 1. The lowest BCUT2D eigenvalue weighted by atomic mass is 9.78. The van der Waals surface area contributed by atoms with Gasteiger partial charge in [-0.3, -0.25) is 14.7 Å². The highest BCUT2D eigenvalue weighted by molar-refractivity contribution is 6.13. The minimum atomic E-state index is -0.790. The summed E-state index contributed by atoms with van der Waals surface area (Å²) in [4.78, 5) is 25.2. The van der Waals surface area contributed by atoms with Crippen LogP contribution in [0.5, 0.6) is 0 Å². The summed E-state index contributed by atoms with van der Waals surface area (Å²) in [5.41, 5.74) is 2.12. The summed E-state index contributed by atoms with van der Waals surface area (Å²) in [6.07, 6.45) is 3.25. The van der Waals surface area contributed by atoms with Gasteiger partial charge >= 0.3 is 0 Å². The molecule has 0 saturated carbocycles. The number of para-hydroxylation sites is 1. The molecular formula is C20H15FN2O2. The van der Waals surface area contributed by atoms with Crippen LogP contribution < -0.4 is 0 Å². The summed E-state index contributed by atoms with van der Waals surface area (Å²) in [6, 6.07) is 13.5. The Labute approximate surface area is 143 Å². The Morgan fingerprint density at radius 3 is 2.76 bits per heavy atom. The Morgan fingerprint density at radius 2 is 1.92 bits per heavy atom. The monoisotopic (exact) mass is 334 g/mol. The minimum absolute atomic E-state index is 0.211. The maximum Gasteiger partial charge on any atom is 0.166 e. The van der Waals surface area contributed by atoms with Crippen LogP contribution in [0, 0.1) is 11.7 Å². The van der Waals surface area contributed by atoms with Crippen molar-refractivity contribution in [3.63, 3.8) is 0 Å². The van der Waals surface area contributed by atoms with Crippen molar-refractivity contribution >= 4 is 22.5 Å². The lowest BCUT2D eigenvalue weighted by Crippen LogP contribution is -2.32. The summed E-state index contributed by atoms with van der Waals surface area (Å²) in [6.45, 7) is 0. The average Bonchev–Trinajstić information content (AvgIpc) is 3.02. The molecule has 1 aliphatic carbocycles. The number of carbonyl (C=O) groups is 2. The topological polar surface area (TPSA) is 62.8 Å². The van der Waals surface area contributed by atoms with E-state index < -0.39 is 17.7 Å². The third-order valence-electron chi connectivity index (χ3n) is 4.60. The summed E-state index contributed by atoms with van der Waals surface area (Å²) < 4.78 is 13.5. The van der Waals surface area contributed by atoms with E-state index >= 15 is 0 Å². The molecule has 5 heteroatoms. The molecular weight excluding hydrogens is 319 g/mol. The first-order valence-corrected chi connectivity index (χ1v) is 8.07. The number of allylic oxidation sites excluding steroid dienone is 2. The normalized spacial score (nSPS) is 20.4. The fourth-order valence-corrected chi connectivity index (χ4v) is 3.31. The molecule has 4 nitrogen and oxygen atoms in total.